The van der Waals surface area contributed by atoms with Crippen LogP contribution in [0.1, 0.15) is 63.9 Å². The first-order valence-corrected chi connectivity index (χ1v) is 8.15. The number of rotatable bonds is 3. The van der Waals surface area contributed by atoms with E-state index in [0.29, 0.717) is 24.0 Å². The SMILES string of the molecule is Cc1c(C)c(C)c(C(=O)C2=C(C(=O)NN)CCCC2)c(C)c1C. The number of allylic oxidation sites excluding steroid dienone is 1. The van der Waals surface area contributed by atoms with Crippen molar-refractivity contribution < 1.29 is 9.59 Å². The maximum Gasteiger partial charge on any atom is 0.261 e. The maximum atomic E-state index is 13.2. The smallest absolute Gasteiger partial charge is 0.261 e. The van der Waals surface area contributed by atoms with Crippen molar-refractivity contribution in [2.24, 2.45) is 5.84 Å². The van der Waals surface area contributed by atoms with Gasteiger partial charge in [-0.25, -0.2) is 5.84 Å². The van der Waals surface area contributed by atoms with Crippen LogP contribution < -0.4 is 11.3 Å². The average Bonchev–Trinajstić information content (AvgIpc) is 2.57. The number of benzene rings is 1. The van der Waals surface area contributed by atoms with Crippen LogP contribution in [0, 0.1) is 34.6 Å². The minimum atomic E-state index is -0.330. The van der Waals surface area contributed by atoms with Gasteiger partial charge >= 0.3 is 0 Å². The van der Waals surface area contributed by atoms with Gasteiger partial charge in [0.25, 0.3) is 5.91 Å². The lowest BCUT2D eigenvalue weighted by Gasteiger charge is -2.22. The molecule has 0 bridgehead atoms. The Kier molecular flexibility index (Phi) is 5.05. The molecule has 0 aliphatic heterocycles. The highest BCUT2D eigenvalue weighted by Gasteiger charge is 2.27. The zero-order valence-electron chi connectivity index (χ0n) is 14.7. The van der Waals surface area contributed by atoms with Crippen molar-refractivity contribution in [3.63, 3.8) is 0 Å². The van der Waals surface area contributed by atoms with Crippen LogP contribution in [-0.2, 0) is 4.79 Å². The Morgan fingerprint density at radius 2 is 1.22 bits per heavy atom. The van der Waals surface area contributed by atoms with Crippen LogP contribution in [0.25, 0.3) is 0 Å². The first-order chi connectivity index (χ1) is 10.8. The van der Waals surface area contributed by atoms with Crippen LogP contribution in [0.3, 0.4) is 0 Å². The van der Waals surface area contributed by atoms with E-state index in [0.717, 1.165) is 40.7 Å². The summed E-state index contributed by atoms with van der Waals surface area (Å²) in [6.07, 6.45) is 3.12. The van der Waals surface area contributed by atoms with E-state index in [1.165, 1.54) is 5.56 Å². The molecule has 0 aromatic heterocycles. The topological polar surface area (TPSA) is 72.2 Å². The second-order valence-electron chi connectivity index (χ2n) is 6.47. The summed E-state index contributed by atoms with van der Waals surface area (Å²) in [5, 5.41) is 0. The van der Waals surface area contributed by atoms with E-state index in [2.05, 4.69) is 26.2 Å². The Morgan fingerprint density at radius 3 is 1.70 bits per heavy atom. The number of Topliss-reactive ketones (excluding diaryl/α,β-unsaturated/α-hetero) is 1. The summed E-state index contributed by atoms with van der Waals surface area (Å²) in [6, 6.07) is 0. The van der Waals surface area contributed by atoms with Crippen LogP contribution in [0.5, 0.6) is 0 Å². The Labute approximate surface area is 138 Å². The van der Waals surface area contributed by atoms with Gasteiger partial charge in [-0.3, -0.25) is 15.0 Å². The number of nitrogens with two attached hydrogens (primary N) is 1. The van der Waals surface area contributed by atoms with Gasteiger partial charge in [0.05, 0.1) is 0 Å². The van der Waals surface area contributed by atoms with E-state index in [1.807, 2.05) is 13.8 Å². The molecular formula is C19H26N2O2. The number of carbonyl (C=O) groups is 2. The van der Waals surface area contributed by atoms with E-state index in [4.69, 9.17) is 5.84 Å². The fourth-order valence-electron chi connectivity index (χ4n) is 3.49. The predicted molar refractivity (Wildman–Crippen MR) is 92.3 cm³/mol. The van der Waals surface area contributed by atoms with Crippen LogP contribution >= 0.6 is 0 Å². The van der Waals surface area contributed by atoms with Gasteiger partial charge in [0.1, 0.15) is 0 Å². The molecule has 4 heteroatoms. The fourth-order valence-corrected chi connectivity index (χ4v) is 3.49. The second-order valence-corrected chi connectivity index (χ2v) is 6.47. The van der Waals surface area contributed by atoms with E-state index in [1.54, 1.807) is 0 Å². The largest absolute Gasteiger partial charge is 0.290 e. The number of hydrogen-bond acceptors (Lipinski definition) is 3. The highest BCUT2D eigenvalue weighted by Crippen LogP contribution is 2.32. The normalized spacial score (nSPS) is 14.9. The molecular weight excluding hydrogens is 288 g/mol. The standard InChI is InChI=1S/C19H26N2O2/c1-10-11(2)13(4)17(14(5)12(10)3)18(22)15-8-6-7-9-16(15)19(23)21-20/h6-9,20H2,1-5H3,(H,21,23). The molecule has 0 atom stereocenters. The lowest BCUT2D eigenvalue weighted by atomic mass is 9.81. The first-order valence-electron chi connectivity index (χ1n) is 8.15. The van der Waals surface area contributed by atoms with Crippen LogP contribution in [0.2, 0.25) is 0 Å². The van der Waals surface area contributed by atoms with Crippen molar-refractivity contribution in [2.75, 3.05) is 0 Å². The first kappa shape index (κ1) is 17.4. The van der Waals surface area contributed by atoms with E-state index < -0.39 is 0 Å². The summed E-state index contributed by atoms with van der Waals surface area (Å²) in [4.78, 5) is 25.2. The minimum absolute atomic E-state index is 0.00972. The molecule has 1 amide bonds. The van der Waals surface area contributed by atoms with Gasteiger partial charge in [-0.15, -0.1) is 0 Å². The molecule has 0 saturated heterocycles. The fraction of sp³-hybridized carbons (Fsp3) is 0.474. The number of nitrogens with one attached hydrogen (secondary N) is 1. The molecule has 0 saturated carbocycles. The van der Waals surface area contributed by atoms with Gasteiger partial charge in [-0.05, 0) is 88.1 Å². The molecule has 1 aromatic carbocycles. The third-order valence-electron chi connectivity index (χ3n) is 5.37. The van der Waals surface area contributed by atoms with Crippen molar-refractivity contribution in [2.45, 2.75) is 60.3 Å². The van der Waals surface area contributed by atoms with Crippen LogP contribution in [0.15, 0.2) is 11.1 Å². The molecule has 23 heavy (non-hydrogen) atoms. The monoisotopic (exact) mass is 314 g/mol. The molecule has 1 aliphatic carbocycles. The number of ketones is 1. The molecule has 3 N–H and O–H groups in total. The number of amides is 1. The van der Waals surface area contributed by atoms with Crippen molar-refractivity contribution in [3.05, 3.63) is 44.5 Å². The molecule has 1 aliphatic rings. The number of hydrazine groups is 1. The van der Waals surface area contributed by atoms with Gasteiger partial charge in [0.15, 0.2) is 5.78 Å². The molecule has 2 rings (SSSR count). The van der Waals surface area contributed by atoms with Crippen molar-refractivity contribution in [3.8, 4) is 0 Å². The third kappa shape index (κ3) is 2.95. The lowest BCUT2D eigenvalue weighted by Crippen LogP contribution is -2.33. The molecule has 0 radical (unpaired) electrons. The molecule has 0 spiro atoms. The summed E-state index contributed by atoms with van der Waals surface area (Å²) in [6.45, 7) is 10.2. The third-order valence-corrected chi connectivity index (χ3v) is 5.37. The second kappa shape index (κ2) is 6.67. The van der Waals surface area contributed by atoms with Gasteiger partial charge in [-0.2, -0.15) is 0 Å². The summed E-state index contributed by atoms with van der Waals surface area (Å²) in [5.41, 5.74) is 9.69. The Balaban J connectivity index is 2.65. The van der Waals surface area contributed by atoms with E-state index in [-0.39, 0.29) is 11.7 Å². The quantitative estimate of drug-likeness (QED) is 0.389. The van der Waals surface area contributed by atoms with Gasteiger partial charge < -0.3 is 0 Å². The van der Waals surface area contributed by atoms with Crippen molar-refractivity contribution >= 4 is 11.7 Å². The highest BCUT2D eigenvalue weighted by molar-refractivity contribution is 6.15. The molecule has 4 nitrogen and oxygen atoms in total. The zero-order valence-corrected chi connectivity index (χ0v) is 14.7. The van der Waals surface area contributed by atoms with Crippen molar-refractivity contribution in [1.29, 1.82) is 0 Å². The molecule has 124 valence electrons. The Bertz CT molecular complexity index is 686. The van der Waals surface area contributed by atoms with E-state index >= 15 is 0 Å². The molecule has 1 aromatic rings. The summed E-state index contributed by atoms with van der Waals surface area (Å²) in [5.74, 6) is 4.95. The van der Waals surface area contributed by atoms with Crippen molar-refractivity contribution in [1.82, 2.24) is 5.43 Å². The summed E-state index contributed by atoms with van der Waals surface area (Å²) < 4.78 is 0. The van der Waals surface area contributed by atoms with Gasteiger partial charge in [0, 0.05) is 16.7 Å². The molecule has 0 unspecified atom stereocenters. The average molecular weight is 314 g/mol. The predicted octanol–water partition coefficient (Wildman–Crippen LogP) is 3.27. The number of hydrogen-bond donors (Lipinski definition) is 2. The van der Waals surface area contributed by atoms with Gasteiger partial charge in [-0.1, -0.05) is 0 Å². The van der Waals surface area contributed by atoms with E-state index in [9.17, 15) is 9.59 Å². The summed E-state index contributed by atoms with van der Waals surface area (Å²) >= 11 is 0. The van der Waals surface area contributed by atoms with Crippen LogP contribution in [-0.4, -0.2) is 11.7 Å². The Morgan fingerprint density at radius 1 is 0.783 bits per heavy atom. The lowest BCUT2D eigenvalue weighted by molar-refractivity contribution is -0.117. The van der Waals surface area contributed by atoms with Gasteiger partial charge in [0.2, 0.25) is 0 Å². The zero-order chi connectivity index (χ0) is 17.3. The van der Waals surface area contributed by atoms with Crippen LogP contribution in [0.4, 0.5) is 0 Å². The molecule has 0 fully saturated rings. The maximum absolute atomic E-state index is 13.2. The Hall–Kier alpha value is -1.94. The summed E-state index contributed by atoms with van der Waals surface area (Å²) in [7, 11) is 0. The number of carbonyl (C=O) groups excluding carboxylic acids is 2. The molecule has 0 heterocycles. The minimum Gasteiger partial charge on any atom is -0.290 e. The highest BCUT2D eigenvalue weighted by atomic mass is 16.2.